The van der Waals surface area contributed by atoms with Gasteiger partial charge in [-0.2, -0.15) is 0 Å². The SMILES string of the molecule is CC(C)c1ccc(Cc2ccncc2OC2SC(CO)C(O)C(O)C2O)cc1. The fourth-order valence-corrected chi connectivity index (χ4v) is 4.42. The lowest BCUT2D eigenvalue weighted by Gasteiger charge is -2.39. The number of aliphatic hydroxyl groups is 4. The van der Waals surface area contributed by atoms with Crippen molar-refractivity contribution < 1.29 is 25.2 Å². The normalized spacial score (nSPS) is 27.8. The highest BCUT2D eigenvalue weighted by Crippen LogP contribution is 2.35. The van der Waals surface area contributed by atoms with Gasteiger partial charge in [0.15, 0.2) is 5.44 Å². The van der Waals surface area contributed by atoms with E-state index in [0.717, 1.165) is 22.9 Å². The zero-order valence-electron chi connectivity index (χ0n) is 16.0. The number of benzene rings is 1. The number of aromatic nitrogens is 1. The molecule has 2 aromatic rings. The van der Waals surface area contributed by atoms with Gasteiger partial charge in [0.1, 0.15) is 18.0 Å². The predicted molar refractivity (Wildman–Crippen MR) is 108 cm³/mol. The summed E-state index contributed by atoms with van der Waals surface area (Å²) in [6, 6.07) is 10.3. The summed E-state index contributed by atoms with van der Waals surface area (Å²) < 4.78 is 5.95. The summed E-state index contributed by atoms with van der Waals surface area (Å²) in [6.45, 7) is 3.99. The largest absolute Gasteiger partial charge is 0.475 e. The van der Waals surface area contributed by atoms with E-state index in [1.165, 1.54) is 5.56 Å². The first-order valence-corrected chi connectivity index (χ1v) is 10.3. The van der Waals surface area contributed by atoms with E-state index in [2.05, 4.69) is 43.1 Å². The third kappa shape index (κ3) is 4.67. The number of aliphatic hydroxyl groups excluding tert-OH is 4. The van der Waals surface area contributed by atoms with Crippen molar-refractivity contribution in [3.63, 3.8) is 0 Å². The van der Waals surface area contributed by atoms with Gasteiger partial charge in [-0.1, -0.05) is 38.1 Å². The number of pyridine rings is 1. The zero-order valence-corrected chi connectivity index (χ0v) is 16.8. The van der Waals surface area contributed by atoms with Gasteiger partial charge in [0.05, 0.1) is 24.2 Å². The highest BCUT2D eigenvalue weighted by molar-refractivity contribution is 8.00. The van der Waals surface area contributed by atoms with E-state index >= 15 is 0 Å². The summed E-state index contributed by atoms with van der Waals surface area (Å²) in [5.41, 5.74) is 2.49. The molecule has 1 saturated heterocycles. The molecular formula is C21H27NO5S. The molecule has 1 aromatic carbocycles. The maximum Gasteiger partial charge on any atom is 0.173 e. The van der Waals surface area contributed by atoms with Gasteiger partial charge in [0.2, 0.25) is 0 Å². The van der Waals surface area contributed by atoms with Crippen LogP contribution in [0.4, 0.5) is 0 Å². The molecule has 4 N–H and O–H groups in total. The minimum Gasteiger partial charge on any atom is -0.475 e. The molecule has 5 atom stereocenters. The Morgan fingerprint density at radius 1 is 1.04 bits per heavy atom. The Kier molecular flexibility index (Phi) is 6.95. The van der Waals surface area contributed by atoms with Crippen LogP contribution in [0.25, 0.3) is 0 Å². The number of thioether (sulfide) groups is 1. The van der Waals surface area contributed by atoms with Gasteiger partial charge >= 0.3 is 0 Å². The van der Waals surface area contributed by atoms with Crippen LogP contribution in [-0.2, 0) is 6.42 Å². The lowest BCUT2D eigenvalue weighted by atomic mass is 9.99. The van der Waals surface area contributed by atoms with E-state index in [9.17, 15) is 20.4 Å². The molecule has 2 heterocycles. The van der Waals surface area contributed by atoms with Crippen molar-refractivity contribution in [1.29, 1.82) is 0 Å². The van der Waals surface area contributed by atoms with Crippen molar-refractivity contribution in [3.8, 4) is 5.75 Å². The molecule has 0 amide bonds. The second kappa shape index (κ2) is 9.24. The number of hydrogen-bond acceptors (Lipinski definition) is 7. The monoisotopic (exact) mass is 405 g/mol. The van der Waals surface area contributed by atoms with Crippen LogP contribution >= 0.6 is 11.8 Å². The van der Waals surface area contributed by atoms with E-state index in [4.69, 9.17) is 4.74 Å². The molecule has 28 heavy (non-hydrogen) atoms. The maximum absolute atomic E-state index is 10.3. The Hall–Kier alpha value is -1.64. The van der Waals surface area contributed by atoms with E-state index in [1.54, 1.807) is 12.4 Å². The van der Waals surface area contributed by atoms with Crippen molar-refractivity contribution in [2.45, 2.75) is 55.2 Å². The van der Waals surface area contributed by atoms with Gasteiger partial charge in [-0.15, -0.1) is 11.8 Å². The molecule has 3 rings (SSSR count). The van der Waals surface area contributed by atoms with Gasteiger partial charge < -0.3 is 25.2 Å². The molecule has 1 aliphatic heterocycles. The quantitative estimate of drug-likeness (QED) is 0.580. The molecule has 1 aromatic heterocycles. The number of nitrogens with zero attached hydrogens (tertiary/aromatic N) is 1. The molecule has 0 bridgehead atoms. The number of hydrogen-bond donors (Lipinski definition) is 4. The Labute approximate surface area is 169 Å². The molecule has 1 aliphatic rings. The van der Waals surface area contributed by atoms with E-state index in [1.807, 2.05) is 6.07 Å². The molecular weight excluding hydrogens is 378 g/mol. The zero-order chi connectivity index (χ0) is 20.3. The Balaban J connectivity index is 1.76. The van der Waals surface area contributed by atoms with Crippen molar-refractivity contribution in [1.82, 2.24) is 4.98 Å². The third-order valence-electron chi connectivity index (χ3n) is 5.00. The van der Waals surface area contributed by atoms with Gasteiger partial charge in [-0.25, -0.2) is 0 Å². The summed E-state index contributed by atoms with van der Waals surface area (Å²) >= 11 is 1.11. The molecule has 0 aliphatic carbocycles. The second-order valence-electron chi connectivity index (χ2n) is 7.37. The standard InChI is InChI=1S/C21H27NO5S/c1-12(2)14-5-3-13(4-6-14)9-15-7-8-22-10-16(15)27-21-20(26)19(25)18(24)17(11-23)28-21/h3-8,10,12,17-21,23-26H,9,11H2,1-2H3. The van der Waals surface area contributed by atoms with Crippen LogP contribution in [0, 0.1) is 0 Å². The topological polar surface area (TPSA) is 103 Å². The summed E-state index contributed by atoms with van der Waals surface area (Å²) in [7, 11) is 0. The fourth-order valence-electron chi connectivity index (χ4n) is 3.19. The first-order valence-electron chi connectivity index (χ1n) is 9.39. The highest BCUT2D eigenvalue weighted by Gasteiger charge is 2.44. The van der Waals surface area contributed by atoms with Crippen LogP contribution in [-0.4, -0.2) is 61.0 Å². The van der Waals surface area contributed by atoms with Crippen molar-refractivity contribution >= 4 is 11.8 Å². The highest BCUT2D eigenvalue weighted by atomic mass is 32.2. The average Bonchev–Trinajstić information content (AvgIpc) is 2.70. The average molecular weight is 406 g/mol. The molecule has 152 valence electrons. The number of rotatable bonds is 6. The van der Waals surface area contributed by atoms with E-state index in [0.29, 0.717) is 18.1 Å². The molecule has 0 radical (unpaired) electrons. The number of ether oxygens (including phenoxy) is 1. The predicted octanol–water partition coefficient (Wildman–Crippen LogP) is 1.69. The Morgan fingerprint density at radius 2 is 1.75 bits per heavy atom. The summed E-state index contributed by atoms with van der Waals surface area (Å²) in [5.74, 6) is 0.979. The molecule has 0 spiro atoms. The minimum absolute atomic E-state index is 0.322. The summed E-state index contributed by atoms with van der Waals surface area (Å²) in [5, 5.41) is 39.1. The van der Waals surface area contributed by atoms with Gasteiger partial charge in [-0.3, -0.25) is 4.98 Å². The van der Waals surface area contributed by atoms with Gasteiger partial charge in [-0.05, 0) is 23.1 Å². The molecule has 5 unspecified atom stereocenters. The second-order valence-corrected chi connectivity index (χ2v) is 8.71. The Morgan fingerprint density at radius 3 is 2.39 bits per heavy atom. The molecule has 0 saturated carbocycles. The minimum atomic E-state index is -1.38. The smallest absolute Gasteiger partial charge is 0.173 e. The maximum atomic E-state index is 10.3. The van der Waals surface area contributed by atoms with E-state index < -0.39 is 29.0 Å². The summed E-state index contributed by atoms with van der Waals surface area (Å²) in [6.07, 6.45) is 0.0323. The van der Waals surface area contributed by atoms with Crippen LogP contribution in [0.2, 0.25) is 0 Å². The van der Waals surface area contributed by atoms with Crippen LogP contribution in [0.15, 0.2) is 42.7 Å². The summed E-state index contributed by atoms with van der Waals surface area (Å²) in [4.78, 5) is 4.11. The van der Waals surface area contributed by atoms with E-state index in [-0.39, 0.29) is 6.61 Å². The molecule has 6 nitrogen and oxygen atoms in total. The fraction of sp³-hybridized carbons (Fsp3) is 0.476. The molecule has 1 fully saturated rings. The Bertz CT molecular complexity index is 768. The van der Waals surface area contributed by atoms with Crippen LogP contribution in [0.1, 0.15) is 36.5 Å². The van der Waals surface area contributed by atoms with Gasteiger partial charge in [0, 0.05) is 18.2 Å². The van der Waals surface area contributed by atoms with Gasteiger partial charge in [0.25, 0.3) is 0 Å². The van der Waals surface area contributed by atoms with Crippen molar-refractivity contribution in [2.24, 2.45) is 0 Å². The first kappa shape index (κ1) is 21.1. The first-order chi connectivity index (χ1) is 13.4. The molecule has 7 heteroatoms. The van der Waals surface area contributed by atoms with Crippen LogP contribution < -0.4 is 4.74 Å². The lowest BCUT2D eigenvalue weighted by molar-refractivity contribution is -0.0910. The lowest BCUT2D eigenvalue weighted by Crippen LogP contribution is -2.55. The van der Waals surface area contributed by atoms with Crippen molar-refractivity contribution in [2.75, 3.05) is 6.61 Å². The third-order valence-corrected chi connectivity index (χ3v) is 6.42. The van der Waals surface area contributed by atoms with Crippen LogP contribution in [0.5, 0.6) is 5.75 Å². The van der Waals surface area contributed by atoms with Crippen LogP contribution in [0.3, 0.4) is 0 Å². The van der Waals surface area contributed by atoms with Crippen molar-refractivity contribution in [3.05, 3.63) is 59.4 Å².